The third kappa shape index (κ3) is 2.57. The molecule has 0 saturated carbocycles. The fourth-order valence-electron chi connectivity index (χ4n) is 4.12. The Morgan fingerprint density at radius 1 is 1.33 bits per heavy atom. The number of hydrogen-bond acceptors (Lipinski definition) is 4. The van der Waals surface area contributed by atoms with Gasteiger partial charge < -0.3 is 9.64 Å². The van der Waals surface area contributed by atoms with Crippen LogP contribution in [0.1, 0.15) is 44.6 Å². The number of aromatic nitrogens is 3. The highest BCUT2D eigenvalue weighted by Gasteiger charge is 2.42. The number of fused-ring (bicyclic) bond motifs is 2. The third-order valence-corrected chi connectivity index (χ3v) is 5.23. The molecule has 4 unspecified atom stereocenters. The first-order valence-corrected chi connectivity index (χ1v) is 8.08. The Labute approximate surface area is 124 Å². The van der Waals surface area contributed by atoms with Crippen LogP contribution >= 0.6 is 0 Å². The van der Waals surface area contributed by atoms with Gasteiger partial charge >= 0.3 is 0 Å². The summed E-state index contributed by atoms with van der Waals surface area (Å²) in [5, 5.41) is 7.95. The van der Waals surface area contributed by atoms with Crippen LogP contribution in [0.3, 0.4) is 0 Å². The molecule has 2 bridgehead atoms. The Bertz CT molecular complexity index is 504. The lowest BCUT2D eigenvalue weighted by Gasteiger charge is -2.33. The zero-order valence-corrected chi connectivity index (χ0v) is 12.2. The van der Waals surface area contributed by atoms with E-state index in [-0.39, 0.29) is 6.04 Å². The molecule has 0 spiro atoms. The lowest BCUT2D eigenvalue weighted by Crippen LogP contribution is -2.42. The van der Waals surface area contributed by atoms with E-state index in [9.17, 15) is 4.79 Å². The molecule has 6 nitrogen and oxygen atoms in total. The van der Waals surface area contributed by atoms with Gasteiger partial charge in [0.25, 0.3) is 0 Å². The van der Waals surface area contributed by atoms with Gasteiger partial charge in [-0.25, -0.2) is 4.68 Å². The molecule has 114 valence electrons. The second-order valence-electron chi connectivity index (χ2n) is 6.59. The van der Waals surface area contributed by atoms with Gasteiger partial charge in [0.15, 0.2) is 0 Å². The highest BCUT2D eigenvalue weighted by atomic mass is 16.5. The first-order chi connectivity index (χ1) is 10.3. The molecule has 1 aromatic heterocycles. The van der Waals surface area contributed by atoms with Gasteiger partial charge in [-0.15, -0.1) is 5.10 Å². The molecule has 3 fully saturated rings. The number of rotatable bonds is 3. The Morgan fingerprint density at radius 3 is 3.00 bits per heavy atom. The zero-order valence-electron chi connectivity index (χ0n) is 12.2. The maximum atomic E-state index is 12.6. The number of hydrogen-bond donors (Lipinski definition) is 0. The zero-order chi connectivity index (χ0) is 14.2. The summed E-state index contributed by atoms with van der Waals surface area (Å²) in [5.41, 5.74) is 0. The van der Waals surface area contributed by atoms with Crippen molar-refractivity contribution in [2.24, 2.45) is 5.92 Å². The van der Waals surface area contributed by atoms with Gasteiger partial charge in [0.2, 0.25) is 5.91 Å². The van der Waals surface area contributed by atoms with Gasteiger partial charge in [0.1, 0.15) is 0 Å². The second kappa shape index (κ2) is 5.40. The van der Waals surface area contributed by atoms with E-state index in [2.05, 4.69) is 10.3 Å². The third-order valence-electron chi connectivity index (χ3n) is 5.23. The topological polar surface area (TPSA) is 60.2 Å². The van der Waals surface area contributed by atoms with Gasteiger partial charge in [0, 0.05) is 25.7 Å². The van der Waals surface area contributed by atoms with Crippen molar-refractivity contribution in [1.29, 1.82) is 0 Å². The van der Waals surface area contributed by atoms with Gasteiger partial charge in [-0.05, 0) is 38.0 Å². The van der Waals surface area contributed by atoms with Crippen LogP contribution in [0, 0.1) is 5.92 Å². The average Bonchev–Trinajstić information content (AvgIpc) is 3.25. The molecular formula is C15H22N4O2. The van der Waals surface area contributed by atoms with Crippen molar-refractivity contribution < 1.29 is 9.53 Å². The molecular weight excluding hydrogens is 268 g/mol. The number of likely N-dealkylation sites (tertiary alicyclic amines) is 1. The molecule has 1 amide bonds. The predicted octanol–water partition coefficient (Wildman–Crippen LogP) is 1.40. The monoisotopic (exact) mass is 290 g/mol. The average molecular weight is 290 g/mol. The molecule has 1 aromatic rings. The van der Waals surface area contributed by atoms with Crippen LogP contribution in [0.4, 0.5) is 0 Å². The van der Waals surface area contributed by atoms with Crippen molar-refractivity contribution >= 4 is 5.91 Å². The maximum absolute atomic E-state index is 12.6. The first-order valence-electron chi connectivity index (χ1n) is 8.08. The molecule has 4 heterocycles. The van der Waals surface area contributed by atoms with E-state index < -0.39 is 0 Å². The Kier molecular flexibility index (Phi) is 3.41. The standard InChI is InChI=1S/C15H22N4O2/c20-15(9-11-8-13-3-4-14(11)21-13)18-6-1-2-12(10-18)19-7-5-16-17-19/h5,7,11-14H,1-4,6,8-10H2. The summed E-state index contributed by atoms with van der Waals surface area (Å²) in [7, 11) is 0. The lowest BCUT2D eigenvalue weighted by atomic mass is 9.86. The Morgan fingerprint density at radius 2 is 2.29 bits per heavy atom. The summed E-state index contributed by atoms with van der Waals surface area (Å²) < 4.78 is 7.75. The molecule has 0 aromatic carbocycles. The van der Waals surface area contributed by atoms with Crippen LogP contribution in [0.5, 0.6) is 0 Å². The summed E-state index contributed by atoms with van der Waals surface area (Å²) in [4.78, 5) is 14.6. The number of amides is 1. The molecule has 21 heavy (non-hydrogen) atoms. The fourth-order valence-corrected chi connectivity index (χ4v) is 4.12. The Hall–Kier alpha value is -1.43. The van der Waals surface area contributed by atoms with Gasteiger partial charge in [-0.3, -0.25) is 4.79 Å². The van der Waals surface area contributed by atoms with E-state index >= 15 is 0 Å². The van der Waals surface area contributed by atoms with Crippen molar-refractivity contribution in [3.05, 3.63) is 12.4 Å². The van der Waals surface area contributed by atoms with E-state index in [1.807, 2.05) is 15.8 Å². The first kappa shape index (κ1) is 13.2. The second-order valence-corrected chi connectivity index (χ2v) is 6.59. The summed E-state index contributed by atoms with van der Waals surface area (Å²) in [6.45, 7) is 1.65. The quantitative estimate of drug-likeness (QED) is 0.844. The Balaban J connectivity index is 1.36. The molecule has 0 N–H and O–H groups in total. The largest absolute Gasteiger partial charge is 0.375 e. The molecule has 0 aliphatic carbocycles. The molecule has 4 atom stereocenters. The van der Waals surface area contributed by atoms with Crippen LogP contribution < -0.4 is 0 Å². The minimum absolute atomic E-state index is 0.279. The summed E-state index contributed by atoms with van der Waals surface area (Å²) in [6, 6.07) is 0.279. The van der Waals surface area contributed by atoms with Crippen molar-refractivity contribution in [2.75, 3.05) is 13.1 Å². The van der Waals surface area contributed by atoms with Crippen molar-refractivity contribution in [1.82, 2.24) is 19.9 Å². The van der Waals surface area contributed by atoms with Crippen LogP contribution in [0.2, 0.25) is 0 Å². The fraction of sp³-hybridized carbons (Fsp3) is 0.800. The van der Waals surface area contributed by atoms with Gasteiger partial charge in [-0.2, -0.15) is 0 Å². The van der Waals surface area contributed by atoms with Crippen molar-refractivity contribution in [3.8, 4) is 0 Å². The minimum Gasteiger partial charge on any atom is -0.375 e. The van der Waals surface area contributed by atoms with Gasteiger partial charge in [0.05, 0.1) is 24.4 Å². The van der Waals surface area contributed by atoms with E-state index in [0.29, 0.717) is 30.5 Å². The summed E-state index contributed by atoms with van der Waals surface area (Å²) >= 11 is 0. The van der Waals surface area contributed by atoms with Crippen LogP contribution in [0.15, 0.2) is 12.4 Å². The van der Waals surface area contributed by atoms with E-state index in [0.717, 1.165) is 38.8 Å². The lowest BCUT2D eigenvalue weighted by molar-refractivity contribution is -0.134. The van der Waals surface area contributed by atoms with E-state index in [4.69, 9.17) is 4.74 Å². The highest BCUT2D eigenvalue weighted by molar-refractivity contribution is 5.76. The summed E-state index contributed by atoms with van der Waals surface area (Å²) in [5.74, 6) is 0.740. The number of carbonyl (C=O) groups is 1. The normalized spacial score (nSPS) is 35.3. The highest BCUT2D eigenvalue weighted by Crippen LogP contribution is 2.40. The number of carbonyl (C=O) groups excluding carboxylic acids is 1. The van der Waals surface area contributed by atoms with Crippen LogP contribution in [-0.2, 0) is 9.53 Å². The van der Waals surface area contributed by atoms with Gasteiger partial charge in [-0.1, -0.05) is 5.21 Å². The van der Waals surface area contributed by atoms with Crippen LogP contribution in [-0.4, -0.2) is 51.1 Å². The minimum atomic E-state index is 0.279. The number of ether oxygens (including phenoxy) is 1. The molecule has 6 heteroatoms. The predicted molar refractivity (Wildman–Crippen MR) is 75.5 cm³/mol. The van der Waals surface area contributed by atoms with Crippen molar-refractivity contribution in [3.63, 3.8) is 0 Å². The molecule has 4 rings (SSSR count). The van der Waals surface area contributed by atoms with E-state index in [1.54, 1.807) is 6.20 Å². The number of nitrogens with zero attached hydrogens (tertiary/aromatic N) is 4. The number of piperidine rings is 1. The molecule has 3 saturated heterocycles. The molecule has 3 aliphatic heterocycles. The van der Waals surface area contributed by atoms with Crippen LogP contribution in [0.25, 0.3) is 0 Å². The molecule has 0 radical (unpaired) electrons. The van der Waals surface area contributed by atoms with Crippen molar-refractivity contribution in [2.45, 2.75) is 56.8 Å². The maximum Gasteiger partial charge on any atom is 0.223 e. The smallest absolute Gasteiger partial charge is 0.223 e. The molecule has 3 aliphatic rings. The SMILES string of the molecule is O=C(CC1CC2CCC1O2)N1CCCC(n2ccnn2)C1. The summed E-state index contributed by atoms with van der Waals surface area (Å²) in [6.07, 6.45) is 10.6. The van der Waals surface area contributed by atoms with E-state index in [1.165, 1.54) is 6.42 Å².